The van der Waals surface area contributed by atoms with E-state index in [9.17, 15) is 15.3 Å². The zero-order valence-electron chi connectivity index (χ0n) is 29.2. The van der Waals surface area contributed by atoms with Crippen LogP contribution in [0.2, 0.25) is 0 Å². The Morgan fingerprint density at radius 3 is 1.83 bits per heavy atom. The summed E-state index contributed by atoms with van der Waals surface area (Å²) in [6.45, 7) is 15.2. The SMILES string of the molecule is C=C/C(=C\C=C(/C)CO)Oc1ccc2ccccc2c1-c1c(OC2=CC(C)(O)C=C(CO)C=C2)ccc2ccccc12.CC.CC.CO. The third-order valence-electron chi connectivity index (χ3n) is 7.03. The van der Waals surface area contributed by atoms with Crippen LogP contribution >= 0.6 is 0 Å². The molecule has 1 aliphatic rings. The first kappa shape index (κ1) is 39.5. The summed E-state index contributed by atoms with van der Waals surface area (Å²) in [4.78, 5) is 0. The van der Waals surface area contributed by atoms with E-state index >= 15 is 0 Å². The van der Waals surface area contributed by atoms with E-state index in [1.807, 2.05) is 83.1 Å². The van der Waals surface area contributed by atoms with Crippen molar-refractivity contribution in [3.05, 3.63) is 145 Å². The maximum Gasteiger partial charge on any atom is 0.136 e. The van der Waals surface area contributed by atoms with Crippen molar-refractivity contribution in [1.82, 2.24) is 0 Å². The molecular weight excluding hydrogens is 600 g/mol. The van der Waals surface area contributed by atoms with Gasteiger partial charge in [-0.2, -0.15) is 0 Å². The first-order chi connectivity index (χ1) is 23.3. The lowest BCUT2D eigenvalue weighted by molar-refractivity contribution is 0.159. The minimum Gasteiger partial charge on any atom is -0.457 e. The zero-order valence-corrected chi connectivity index (χ0v) is 29.2. The van der Waals surface area contributed by atoms with Crippen molar-refractivity contribution < 1.29 is 29.9 Å². The second-order valence-corrected chi connectivity index (χ2v) is 10.5. The molecule has 0 heterocycles. The molecule has 0 saturated carbocycles. The van der Waals surface area contributed by atoms with Crippen LogP contribution in [-0.4, -0.2) is 46.4 Å². The summed E-state index contributed by atoms with van der Waals surface area (Å²) in [5, 5.41) is 41.1. The average molecular weight is 651 g/mol. The number of ether oxygens (including phenoxy) is 2. The average Bonchev–Trinajstić information content (AvgIpc) is 3.28. The van der Waals surface area contributed by atoms with E-state index in [0.29, 0.717) is 28.6 Å². The lowest BCUT2D eigenvalue weighted by atomic mass is 9.92. The van der Waals surface area contributed by atoms with E-state index < -0.39 is 5.60 Å². The molecule has 0 bridgehead atoms. The Morgan fingerprint density at radius 2 is 1.29 bits per heavy atom. The highest BCUT2D eigenvalue weighted by Crippen LogP contribution is 2.46. The summed E-state index contributed by atoms with van der Waals surface area (Å²) in [7, 11) is 1.00. The molecule has 6 nitrogen and oxygen atoms in total. The molecule has 254 valence electrons. The van der Waals surface area contributed by atoms with Gasteiger partial charge in [0.05, 0.1) is 13.2 Å². The number of aliphatic hydroxyl groups excluding tert-OH is 3. The van der Waals surface area contributed by atoms with Crippen LogP contribution in [0.5, 0.6) is 11.5 Å². The van der Waals surface area contributed by atoms with Gasteiger partial charge in [-0.3, -0.25) is 0 Å². The molecule has 5 rings (SSSR count). The van der Waals surface area contributed by atoms with Gasteiger partial charge in [-0.15, -0.1) is 0 Å². The third-order valence-corrected chi connectivity index (χ3v) is 7.03. The maximum absolute atomic E-state index is 10.9. The van der Waals surface area contributed by atoms with Gasteiger partial charge in [-0.05, 0) is 89.1 Å². The topological polar surface area (TPSA) is 99.4 Å². The van der Waals surface area contributed by atoms with Gasteiger partial charge >= 0.3 is 0 Å². The Morgan fingerprint density at radius 1 is 0.750 bits per heavy atom. The molecular formula is C42H50O6. The predicted octanol–water partition coefficient (Wildman–Crippen LogP) is 9.21. The maximum atomic E-state index is 10.9. The van der Waals surface area contributed by atoms with Crippen molar-refractivity contribution in [3.8, 4) is 22.6 Å². The van der Waals surface area contributed by atoms with E-state index in [2.05, 4.69) is 30.8 Å². The fourth-order valence-corrected chi connectivity index (χ4v) is 5.02. The monoisotopic (exact) mass is 650 g/mol. The molecule has 0 radical (unpaired) electrons. The van der Waals surface area contributed by atoms with Crippen LogP contribution in [0.1, 0.15) is 41.5 Å². The van der Waals surface area contributed by atoms with Crippen molar-refractivity contribution in [1.29, 1.82) is 0 Å². The van der Waals surface area contributed by atoms with Gasteiger partial charge in [-0.25, -0.2) is 0 Å². The summed E-state index contributed by atoms with van der Waals surface area (Å²) in [6, 6.07) is 24.1. The molecule has 6 heteroatoms. The number of aliphatic hydroxyl groups is 4. The molecule has 0 fully saturated rings. The highest BCUT2D eigenvalue weighted by Gasteiger charge is 2.23. The molecule has 4 N–H and O–H groups in total. The highest BCUT2D eigenvalue weighted by molar-refractivity contribution is 6.09. The van der Waals surface area contributed by atoms with Gasteiger partial charge in [-0.1, -0.05) is 107 Å². The van der Waals surface area contributed by atoms with Crippen molar-refractivity contribution >= 4 is 21.5 Å². The van der Waals surface area contributed by atoms with Crippen LogP contribution in [-0.2, 0) is 0 Å². The van der Waals surface area contributed by atoms with Gasteiger partial charge in [0.15, 0.2) is 0 Å². The summed E-state index contributed by atoms with van der Waals surface area (Å²) in [5.41, 5.74) is 1.74. The Labute approximate surface area is 285 Å². The summed E-state index contributed by atoms with van der Waals surface area (Å²) < 4.78 is 13.0. The normalized spacial score (nSPS) is 15.7. The Balaban J connectivity index is 0.00000126. The van der Waals surface area contributed by atoms with Gasteiger partial charge in [0.2, 0.25) is 0 Å². The molecule has 0 spiro atoms. The number of allylic oxidation sites excluding steroid dienone is 4. The lowest BCUT2D eigenvalue weighted by Gasteiger charge is -2.21. The van der Waals surface area contributed by atoms with E-state index in [1.54, 1.807) is 49.5 Å². The molecule has 1 aliphatic carbocycles. The fraction of sp³-hybridized carbons (Fsp3) is 0.238. The second kappa shape index (κ2) is 19.8. The number of hydrogen-bond acceptors (Lipinski definition) is 6. The molecule has 4 aromatic carbocycles. The fourth-order valence-electron chi connectivity index (χ4n) is 5.02. The lowest BCUT2D eigenvalue weighted by Crippen LogP contribution is -2.19. The molecule has 0 aromatic heterocycles. The first-order valence-corrected chi connectivity index (χ1v) is 16.2. The summed E-state index contributed by atoms with van der Waals surface area (Å²) in [6.07, 6.45) is 11.9. The van der Waals surface area contributed by atoms with Crippen LogP contribution in [0.3, 0.4) is 0 Å². The Bertz CT molecular complexity index is 1800. The molecule has 1 atom stereocenters. The highest BCUT2D eigenvalue weighted by atomic mass is 16.5. The van der Waals surface area contributed by atoms with Crippen molar-refractivity contribution in [2.24, 2.45) is 0 Å². The van der Waals surface area contributed by atoms with Crippen molar-refractivity contribution in [2.45, 2.75) is 47.1 Å². The van der Waals surface area contributed by atoms with Crippen LogP contribution in [0.4, 0.5) is 0 Å². The Hall–Kier alpha value is -4.72. The van der Waals surface area contributed by atoms with Crippen molar-refractivity contribution in [3.63, 3.8) is 0 Å². The molecule has 48 heavy (non-hydrogen) atoms. The van der Waals surface area contributed by atoms with Crippen LogP contribution in [0.15, 0.2) is 145 Å². The number of benzene rings is 4. The molecule has 0 saturated heterocycles. The first-order valence-electron chi connectivity index (χ1n) is 16.2. The van der Waals surface area contributed by atoms with Crippen molar-refractivity contribution in [2.75, 3.05) is 20.3 Å². The van der Waals surface area contributed by atoms with E-state index in [0.717, 1.165) is 45.4 Å². The van der Waals surface area contributed by atoms with Crippen LogP contribution in [0, 0.1) is 0 Å². The predicted molar refractivity (Wildman–Crippen MR) is 201 cm³/mol. The van der Waals surface area contributed by atoms with E-state index in [1.165, 1.54) is 0 Å². The van der Waals surface area contributed by atoms with Gasteiger partial charge in [0.25, 0.3) is 0 Å². The quantitative estimate of drug-likeness (QED) is 0.107. The zero-order chi connectivity index (χ0) is 35.7. The molecule has 4 aromatic rings. The number of fused-ring (bicyclic) bond motifs is 2. The molecule has 1 unspecified atom stereocenters. The number of rotatable bonds is 9. The minimum atomic E-state index is -1.31. The van der Waals surface area contributed by atoms with E-state index in [-0.39, 0.29) is 13.2 Å². The van der Waals surface area contributed by atoms with Crippen LogP contribution < -0.4 is 9.47 Å². The minimum absolute atomic E-state index is 0.0502. The summed E-state index contributed by atoms with van der Waals surface area (Å²) >= 11 is 0. The Kier molecular flexibility index (Phi) is 16.3. The van der Waals surface area contributed by atoms with E-state index in [4.69, 9.17) is 14.6 Å². The van der Waals surface area contributed by atoms with Gasteiger partial charge < -0.3 is 29.9 Å². The largest absolute Gasteiger partial charge is 0.457 e. The summed E-state index contributed by atoms with van der Waals surface area (Å²) in [5.74, 6) is 2.15. The molecule has 0 amide bonds. The second-order valence-electron chi connectivity index (χ2n) is 10.5. The number of hydrogen-bond donors (Lipinski definition) is 4. The smallest absolute Gasteiger partial charge is 0.136 e. The standard InChI is InChI=1S/C37H34O5.2C2H6.CH4O/c1-4-29(17-13-25(2)23-38)41-33-19-15-27-9-5-7-11-31(27)35(33)36-32-12-8-6-10-28(32)16-20-34(36)42-30-18-14-26(24-39)21-37(3,40)22-30;3*1-2/h4-22,38-40H,1,23-24H2,2-3H3;2*1-2H3;2H,1H3/b25-13+,29-17+;;;. The molecule has 0 aliphatic heterocycles. The third kappa shape index (κ3) is 10.1. The van der Waals surface area contributed by atoms with Gasteiger partial charge in [0, 0.05) is 18.2 Å². The van der Waals surface area contributed by atoms with Gasteiger partial charge in [0.1, 0.15) is 28.6 Å². The van der Waals surface area contributed by atoms with Crippen LogP contribution in [0.25, 0.3) is 32.7 Å².